The Morgan fingerprint density at radius 3 is 2.41 bits per heavy atom. The van der Waals surface area contributed by atoms with Crippen molar-refractivity contribution in [3.63, 3.8) is 0 Å². The number of benzene rings is 2. The van der Waals surface area contributed by atoms with E-state index in [1.54, 1.807) is 29.6 Å². The monoisotopic (exact) mass is 316 g/mol. The van der Waals surface area contributed by atoms with Gasteiger partial charge in [0.25, 0.3) is 0 Å². The van der Waals surface area contributed by atoms with Crippen molar-refractivity contribution in [1.82, 2.24) is 0 Å². The SMILES string of the molecule is O=C(O)c1ccccc1-c1sccc1-c1cccc(F)c1F. The normalized spacial score (nSPS) is 10.6. The van der Waals surface area contributed by atoms with Crippen LogP contribution in [0.1, 0.15) is 10.4 Å². The molecule has 1 aromatic heterocycles. The Labute approximate surface area is 129 Å². The van der Waals surface area contributed by atoms with Crippen molar-refractivity contribution < 1.29 is 18.7 Å². The molecule has 0 unspecified atom stereocenters. The molecule has 0 bridgehead atoms. The summed E-state index contributed by atoms with van der Waals surface area (Å²) in [4.78, 5) is 12.0. The Bertz CT molecular complexity index is 855. The molecule has 0 aliphatic heterocycles. The molecule has 0 saturated carbocycles. The maximum absolute atomic E-state index is 14.0. The van der Waals surface area contributed by atoms with Gasteiger partial charge in [-0.15, -0.1) is 11.3 Å². The Morgan fingerprint density at radius 2 is 1.64 bits per heavy atom. The molecule has 5 heteroatoms. The largest absolute Gasteiger partial charge is 0.478 e. The second kappa shape index (κ2) is 5.69. The van der Waals surface area contributed by atoms with Crippen molar-refractivity contribution in [3.05, 3.63) is 71.1 Å². The zero-order valence-corrected chi connectivity index (χ0v) is 12.0. The predicted octanol–water partition coefficient (Wildman–Crippen LogP) is 5.06. The van der Waals surface area contributed by atoms with Crippen LogP contribution in [-0.4, -0.2) is 11.1 Å². The lowest BCUT2D eigenvalue weighted by atomic mass is 9.99. The van der Waals surface area contributed by atoms with Crippen LogP contribution in [0.4, 0.5) is 8.78 Å². The molecule has 0 amide bonds. The smallest absolute Gasteiger partial charge is 0.336 e. The van der Waals surface area contributed by atoms with Crippen LogP contribution in [-0.2, 0) is 0 Å². The molecule has 1 heterocycles. The van der Waals surface area contributed by atoms with Crippen LogP contribution in [0.2, 0.25) is 0 Å². The third-order valence-electron chi connectivity index (χ3n) is 3.31. The van der Waals surface area contributed by atoms with Crippen molar-refractivity contribution in [3.8, 4) is 21.6 Å². The van der Waals surface area contributed by atoms with Crippen molar-refractivity contribution in [2.24, 2.45) is 0 Å². The van der Waals surface area contributed by atoms with E-state index in [1.807, 2.05) is 0 Å². The van der Waals surface area contributed by atoms with Gasteiger partial charge in [-0.25, -0.2) is 13.6 Å². The highest BCUT2D eigenvalue weighted by Crippen LogP contribution is 2.39. The maximum atomic E-state index is 14.0. The molecule has 0 radical (unpaired) electrons. The van der Waals surface area contributed by atoms with E-state index in [2.05, 4.69) is 0 Å². The van der Waals surface area contributed by atoms with Crippen LogP contribution in [0.25, 0.3) is 21.6 Å². The highest BCUT2D eigenvalue weighted by Gasteiger charge is 2.19. The molecule has 2 aromatic carbocycles. The number of hydrogen-bond acceptors (Lipinski definition) is 2. The molecular weight excluding hydrogens is 306 g/mol. The molecule has 0 atom stereocenters. The van der Waals surface area contributed by atoms with Gasteiger partial charge < -0.3 is 5.11 Å². The molecule has 0 saturated heterocycles. The van der Waals surface area contributed by atoms with Gasteiger partial charge in [0.2, 0.25) is 0 Å². The Hall–Kier alpha value is -2.53. The van der Waals surface area contributed by atoms with Crippen LogP contribution in [0.15, 0.2) is 53.9 Å². The third kappa shape index (κ3) is 2.40. The van der Waals surface area contributed by atoms with Gasteiger partial charge in [-0.2, -0.15) is 0 Å². The zero-order chi connectivity index (χ0) is 15.7. The van der Waals surface area contributed by atoms with E-state index >= 15 is 0 Å². The van der Waals surface area contributed by atoms with Gasteiger partial charge in [-0.05, 0) is 23.6 Å². The summed E-state index contributed by atoms with van der Waals surface area (Å²) >= 11 is 1.29. The zero-order valence-electron chi connectivity index (χ0n) is 11.2. The van der Waals surface area contributed by atoms with Gasteiger partial charge in [0, 0.05) is 21.6 Å². The number of rotatable bonds is 3. The molecule has 0 spiro atoms. The average molecular weight is 316 g/mol. The van der Waals surface area contributed by atoms with Gasteiger partial charge in [-0.1, -0.05) is 30.3 Å². The molecule has 3 aromatic rings. The van der Waals surface area contributed by atoms with Crippen LogP contribution >= 0.6 is 11.3 Å². The fourth-order valence-corrected chi connectivity index (χ4v) is 3.26. The summed E-state index contributed by atoms with van der Waals surface area (Å²) in [6.45, 7) is 0. The van der Waals surface area contributed by atoms with E-state index in [1.165, 1.54) is 29.5 Å². The van der Waals surface area contributed by atoms with Gasteiger partial charge in [0.05, 0.1) is 5.56 Å². The first kappa shape index (κ1) is 14.4. The summed E-state index contributed by atoms with van der Waals surface area (Å²) in [5.74, 6) is -2.93. The minimum atomic E-state index is -1.06. The van der Waals surface area contributed by atoms with Crippen molar-refractivity contribution >= 4 is 17.3 Å². The maximum Gasteiger partial charge on any atom is 0.336 e. The lowest BCUT2D eigenvalue weighted by Crippen LogP contribution is -1.99. The lowest BCUT2D eigenvalue weighted by molar-refractivity contribution is 0.0698. The summed E-state index contributed by atoms with van der Waals surface area (Å²) < 4.78 is 27.5. The topological polar surface area (TPSA) is 37.3 Å². The quantitative estimate of drug-likeness (QED) is 0.733. The van der Waals surface area contributed by atoms with E-state index in [9.17, 15) is 18.7 Å². The second-order valence-corrected chi connectivity index (χ2v) is 5.53. The molecule has 3 rings (SSSR count). The number of carboxylic acid groups (broad SMARTS) is 1. The highest BCUT2D eigenvalue weighted by molar-refractivity contribution is 7.14. The summed E-state index contributed by atoms with van der Waals surface area (Å²) in [5, 5.41) is 11.0. The Morgan fingerprint density at radius 1 is 0.909 bits per heavy atom. The van der Waals surface area contributed by atoms with E-state index < -0.39 is 17.6 Å². The van der Waals surface area contributed by atoms with Gasteiger partial charge >= 0.3 is 5.97 Å². The van der Waals surface area contributed by atoms with Gasteiger partial charge in [0.15, 0.2) is 11.6 Å². The molecule has 22 heavy (non-hydrogen) atoms. The van der Waals surface area contributed by atoms with E-state index in [-0.39, 0.29) is 11.1 Å². The van der Waals surface area contributed by atoms with Crippen molar-refractivity contribution in [1.29, 1.82) is 0 Å². The molecule has 0 aliphatic carbocycles. The number of hydrogen-bond donors (Lipinski definition) is 1. The summed E-state index contributed by atoms with van der Waals surface area (Å²) in [6, 6.07) is 12.1. The first-order valence-electron chi connectivity index (χ1n) is 6.44. The molecule has 110 valence electrons. The summed E-state index contributed by atoms with van der Waals surface area (Å²) in [5.41, 5.74) is 1.22. The summed E-state index contributed by atoms with van der Waals surface area (Å²) in [7, 11) is 0. The number of thiophene rings is 1. The molecule has 0 fully saturated rings. The Kier molecular flexibility index (Phi) is 3.73. The van der Waals surface area contributed by atoms with Gasteiger partial charge in [0.1, 0.15) is 0 Å². The molecule has 0 aliphatic rings. The van der Waals surface area contributed by atoms with Gasteiger partial charge in [-0.3, -0.25) is 0 Å². The minimum absolute atomic E-state index is 0.122. The highest BCUT2D eigenvalue weighted by atomic mass is 32.1. The predicted molar refractivity (Wildman–Crippen MR) is 82.1 cm³/mol. The third-order valence-corrected chi connectivity index (χ3v) is 4.26. The molecule has 1 N–H and O–H groups in total. The minimum Gasteiger partial charge on any atom is -0.478 e. The van der Waals surface area contributed by atoms with Crippen molar-refractivity contribution in [2.75, 3.05) is 0 Å². The van der Waals surface area contributed by atoms with Crippen molar-refractivity contribution in [2.45, 2.75) is 0 Å². The fourth-order valence-electron chi connectivity index (χ4n) is 2.31. The number of halogens is 2. The standard InChI is InChI=1S/C17H10F2O2S/c18-14-7-3-6-10(15(14)19)12-8-9-22-16(12)11-4-1-2-5-13(11)17(20)21/h1-9H,(H,20,21). The molecule has 2 nitrogen and oxygen atoms in total. The fraction of sp³-hybridized carbons (Fsp3) is 0. The van der Waals surface area contributed by atoms with Crippen LogP contribution < -0.4 is 0 Å². The average Bonchev–Trinajstić information content (AvgIpc) is 2.99. The summed E-state index contributed by atoms with van der Waals surface area (Å²) in [6.07, 6.45) is 0. The Balaban J connectivity index is 2.23. The first-order valence-corrected chi connectivity index (χ1v) is 7.32. The van der Waals surface area contributed by atoms with Crippen LogP contribution in [0.5, 0.6) is 0 Å². The van der Waals surface area contributed by atoms with Crippen LogP contribution in [0.3, 0.4) is 0 Å². The second-order valence-electron chi connectivity index (χ2n) is 4.62. The van der Waals surface area contributed by atoms with E-state index in [0.29, 0.717) is 16.0 Å². The van der Waals surface area contributed by atoms with E-state index in [4.69, 9.17) is 0 Å². The number of aromatic carboxylic acids is 1. The first-order chi connectivity index (χ1) is 10.6. The van der Waals surface area contributed by atoms with Crippen LogP contribution in [0, 0.1) is 11.6 Å². The number of carbonyl (C=O) groups is 1. The van der Waals surface area contributed by atoms with E-state index in [0.717, 1.165) is 6.07 Å². The number of carboxylic acids is 1. The molecular formula is C17H10F2O2S. The lowest BCUT2D eigenvalue weighted by Gasteiger charge is -2.08.